The summed E-state index contributed by atoms with van der Waals surface area (Å²) in [5, 5.41) is 14.1. The summed E-state index contributed by atoms with van der Waals surface area (Å²) in [5.74, 6) is 0. The molecule has 0 saturated carbocycles. The Hall–Kier alpha value is -2.36. The summed E-state index contributed by atoms with van der Waals surface area (Å²) in [6, 6.07) is 16.8. The topological polar surface area (TPSA) is 48.1 Å². The summed E-state index contributed by atoms with van der Waals surface area (Å²) >= 11 is 0. The van der Waals surface area contributed by atoms with Crippen molar-refractivity contribution < 1.29 is 0 Å². The summed E-state index contributed by atoms with van der Waals surface area (Å²) in [6.07, 6.45) is 2.14. The molecule has 0 bridgehead atoms. The van der Waals surface area contributed by atoms with E-state index in [0.29, 0.717) is 0 Å². The second-order valence-corrected chi connectivity index (χ2v) is 5.51. The van der Waals surface area contributed by atoms with E-state index in [4.69, 9.17) is 0 Å². The molecule has 0 unspecified atom stereocenters. The summed E-state index contributed by atoms with van der Waals surface area (Å²) in [5.41, 5.74) is 4.75. The third kappa shape index (κ3) is 3.85. The van der Waals surface area contributed by atoms with Gasteiger partial charge in [-0.05, 0) is 37.1 Å². The number of rotatable bonds is 0. The highest BCUT2D eigenvalue weighted by atomic mass is 15.0. The Labute approximate surface area is 132 Å². The Morgan fingerprint density at radius 3 is 1.00 bits per heavy atom. The SMILES string of the molecule is c1ccc2c(c1)NCCCNc1ccccc1NCCCN2. The van der Waals surface area contributed by atoms with Gasteiger partial charge in [-0.15, -0.1) is 0 Å². The summed E-state index contributed by atoms with van der Waals surface area (Å²) in [7, 11) is 0. The van der Waals surface area contributed by atoms with Crippen LogP contribution in [0.1, 0.15) is 12.8 Å². The number of hydrogen-bond acceptors (Lipinski definition) is 4. The lowest BCUT2D eigenvalue weighted by Gasteiger charge is -2.17. The van der Waals surface area contributed by atoms with Gasteiger partial charge < -0.3 is 21.3 Å². The molecule has 0 aliphatic carbocycles. The van der Waals surface area contributed by atoms with Gasteiger partial charge in [0.05, 0.1) is 22.7 Å². The van der Waals surface area contributed by atoms with Crippen LogP contribution in [0.15, 0.2) is 48.5 Å². The molecule has 1 heterocycles. The minimum Gasteiger partial charge on any atom is -0.383 e. The first-order chi connectivity index (χ1) is 10.9. The molecule has 1 aliphatic rings. The third-order valence-corrected chi connectivity index (χ3v) is 3.82. The molecule has 0 amide bonds. The van der Waals surface area contributed by atoms with E-state index in [2.05, 4.69) is 69.8 Å². The van der Waals surface area contributed by atoms with Gasteiger partial charge in [-0.1, -0.05) is 24.3 Å². The van der Waals surface area contributed by atoms with Crippen molar-refractivity contribution in [1.82, 2.24) is 0 Å². The quantitative estimate of drug-likeness (QED) is 0.597. The predicted molar refractivity (Wildman–Crippen MR) is 96.1 cm³/mol. The van der Waals surface area contributed by atoms with Crippen LogP contribution in [0.3, 0.4) is 0 Å². The summed E-state index contributed by atoms with van der Waals surface area (Å²) in [6.45, 7) is 3.84. The normalized spacial score (nSPS) is 15.6. The first-order valence-corrected chi connectivity index (χ1v) is 8.07. The average molecular weight is 296 g/mol. The average Bonchev–Trinajstić information content (AvgIpc) is 2.56. The van der Waals surface area contributed by atoms with E-state index in [9.17, 15) is 0 Å². The second kappa shape index (κ2) is 7.59. The van der Waals surface area contributed by atoms with E-state index in [0.717, 1.165) is 39.0 Å². The van der Waals surface area contributed by atoms with Crippen LogP contribution in [0.5, 0.6) is 0 Å². The van der Waals surface area contributed by atoms with Gasteiger partial charge in [-0.2, -0.15) is 0 Å². The van der Waals surface area contributed by atoms with Gasteiger partial charge in [0.2, 0.25) is 0 Å². The summed E-state index contributed by atoms with van der Waals surface area (Å²) < 4.78 is 0. The zero-order valence-corrected chi connectivity index (χ0v) is 12.9. The van der Waals surface area contributed by atoms with Crippen molar-refractivity contribution in [3.05, 3.63) is 48.5 Å². The van der Waals surface area contributed by atoms with E-state index < -0.39 is 0 Å². The van der Waals surface area contributed by atoms with E-state index in [-0.39, 0.29) is 0 Å². The highest BCUT2D eigenvalue weighted by Gasteiger charge is 2.03. The van der Waals surface area contributed by atoms with E-state index in [1.807, 2.05) is 0 Å². The monoisotopic (exact) mass is 296 g/mol. The zero-order chi connectivity index (χ0) is 15.0. The van der Waals surface area contributed by atoms with Crippen molar-refractivity contribution in [3.8, 4) is 0 Å². The first kappa shape index (κ1) is 14.6. The van der Waals surface area contributed by atoms with Crippen molar-refractivity contribution in [1.29, 1.82) is 0 Å². The van der Waals surface area contributed by atoms with Crippen LogP contribution < -0.4 is 21.3 Å². The largest absolute Gasteiger partial charge is 0.383 e. The standard InChI is InChI=1S/C18H24N4/c1-2-8-16-15(7-1)19-11-5-13-21-17-9-3-4-10-18(17)22-14-6-12-20-16/h1-4,7-10,19-22H,5-6,11-14H2. The third-order valence-electron chi connectivity index (χ3n) is 3.82. The molecule has 22 heavy (non-hydrogen) atoms. The van der Waals surface area contributed by atoms with Crippen LogP contribution in [0.25, 0.3) is 0 Å². The molecule has 1 aliphatic heterocycles. The molecule has 0 spiro atoms. The number of hydrogen-bond donors (Lipinski definition) is 4. The molecule has 0 radical (unpaired) electrons. The smallest absolute Gasteiger partial charge is 0.0576 e. The minimum absolute atomic E-state index is 0.960. The van der Waals surface area contributed by atoms with E-state index >= 15 is 0 Å². The fourth-order valence-electron chi connectivity index (χ4n) is 2.65. The highest BCUT2D eigenvalue weighted by Crippen LogP contribution is 2.23. The molecule has 116 valence electrons. The number of para-hydroxylation sites is 4. The van der Waals surface area contributed by atoms with Crippen molar-refractivity contribution >= 4 is 22.7 Å². The van der Waals surface area contributed by atoms with Gasteiger partial charge in [0.25, 0.3) is 0 Å². The van der Waals surface area contributed by atoms with Crippen molar-refractivity contribution in [3.63, 3.8) is 0 Å². The molecule has 4 heteroatoms. The number of anilines is 4. The lowest BCUT2D eigenvalue weighted by atomic mass is 10.2. The van der Waals surface area contributed by atoms with Crippen LogP contribution in [0, 0.1) is 0 Å². The number of benzene rings is 2. The Bertz CT molecular complexity index is 494. The molecule has 0 saturated heterocycles. The summed E-state index contributed by atoms with van der Waals surface area (Å²) in [4.78, 5) is 0. The second-order valence-electron chi connectivity index (χ2n) is 5.51. The molecule has 4 N–H and O–H groups in total. The van der Waals surface area contributed by atoms with Crippen LogP contribution >= 0.6 is 0 Å². The number of fused-ring (bicyclic) bond motifs is 2. The van der Waals surface area contributed by atoms with E-state index in [1.165, 1.54) is 22.7 Å². The van der Waals surface area contributed by atoms with Gasteiger partial charge in [0, 0.05) is 26.2 Å². The Morgan fingerprint density at radius 1 is 0.455 bits per heavy atom. The van der Waals surface area contributed by atoms with Crippen LogP contribution in [-0.2, 0) is 0 Å². The molecular weight excluding hydrogens is 272 g/mol. The zero-order valence-electron chi connectivity index (χ0n) is 12.9. The number of nitrogens with one attached hydrogen (secondary N) is 4. The van der Waals surface area contributed by atoms with Gasteiger partial charge in [0.15, 0.2) is 0 Å². The van der Waals surface area contributed by atoms with Gasteiger partial charge in [-0.25, -0.2) is 0 Å². The molecular formula is C18H24N4. The van der Waals surface area contributed by atoms with Crippen molar-refractivity contribution in [2.24, 2.45) is 0 Å². The maximum absolute atomic E-state index is 3.52. The first-order valence-electron chi connectivity index (χ1n) is 8.07. The molecule has 0 fully saturated rings. The molecule has 2 aromatic carbocycles. The van der Waals surface area contributed by atoms with Crippen LogP contribution in [0.2, 0.25) is 0 Å². The molecule has 3 rings (SSSR count). The van der Waals surface area contributed by atoms with Gasteiger partial charge >= 0.3 is 0 Å². The molecule has 0 aromatic heterocycles. The lowest BCUT2D eigenvalue weighted by molar-refractivity contribution is 0.893. The Balaban J connectivity index is 1.67. The Morgan fingerprint density at radius 2 is 0.727 bits per heavy atom. The van der Waals surface area contributed by atoms with Gasteiger partial charge in [0.1, 0.15) is 0 Å². The maximum Gasteiger partial charge on any atom is 0.0576 e. The highest BCUT2D eigenvalue weighted by molar-refractivity contribution is 5.69. The Kier molecular flexibility index (Phi) is 5.03. The minimum atomic E-state index is 0.960. The fraction of sp³-hybridized carbons (Fsp3) is 0.333. The lowest BCUT2D eigenvalue weighted by Crippen LogP contribution is -2.15. The molecule has 0 atom stereocenters. The fourth-order valence-corrected chi connectivity index (χ4v) is 2.65. The van der Waals surface area contributed by atoms with Crippen LogP contribution in [-0.4, -0.2) is 26.2 Å². The van der Waals surface area contributed by atoms with Crippen molar-refractivity contribution in [2.45, 2.75) is 12.8 Å². The predicted octanol–water partition coefficient (Wildman–Crippen LogP) is 3.83. The van der Waals surface area contributed by atoms with Crippen molar-refractivity contribution in [2.75, 3.05) is 47.4 Å². The molecule has 4 nitrogen and oxygen atoms in total. The van der Waals surface area contributed by atoms with Gasteiger partial charge in [-0.3, -0.25) is 0 Å². The maximum atomic E-state index is 3.52. The van der Waals surface area contributed by atoms with E-state index in [1.54, 1.807) is 0 Å². The molecule has 2 aromatic rings. The van der Waals surface area contributed by atoms with Crippen LogP contribution in [0.4, 0.5) is 22.7 Å².